The number of hydrogen-bond donors (Lipinski definition) is 0. The average Bonchev–Trinajstić information content (AvgIpc) is 2.44. The molecule has 0 fully saturated rings. The van der Waals surface area contributed by atoms with E-state index in [2.05, 4.69) is 15.9 Å². The van der Waals surface area contributed by atoms with Gasteiger partial charge in [0.25, 0.3) is 11.8 Å². The van der Waals surface area contributed by atoms with E-state index >= 15 is 0 Å². The summed E-state index contributed by atoms with van der Waals surface area (Å²) in [7, 11) is 3.03. The molecule has 0 radical (unpaired) electrons. The quantitative estimate of drug-likeness (QED) is 0.759. The number of benzene rings is 2. The van der Waals surface area contributed by atoms with Crippen LogP contribution in [0.2, 0.25) is 0 Å². The minimum atomic E-state index is -0.306. The predicted octanol–water partition coefficient (Wildman–Crippen LogP) is 2.84. The van der Waals surface area contributed by atoms with Crippen molar-refractivity contribution in [3.63, 3.8) is 0 Å². The third-order valence-corrected chi connectivity index (χ3v) is 4.17. The zero-order valence-corrected chi connectivity index (χ0v) is 11.9. The highest BCUT2D eigenvalue weighted by atomic mass is 79.9. The summed E-state index contributed by atoms with van der Waals surface area (Å²) in [6, 6.07) is 7.06. The molecule has 3 rings (SSSR count). The zero-order valence-electron chi connectivity index (χ0n) is 10.4. The molecule has 19 heavy (non-hydrogen) atoms. The molecule has 0 bridgehead atoms. The number of halogens is 1. The zero-order chi connectivity index (χ0) is 13.7. The van der Waals surface area contributed by atoms with E-state index in [0.717, 1.165) is 14.8 Å². The fraction of sp³-hybridized carbons (Fsp3) is 0.143. The van der Waals surface area contributed by atoms with Gasteiger partial charge < -0.3 is 4.74 Å². The topological polar surface area (TPSA) is 46.6 Å². The van der Waals surface area contributed by atoms with Gasteiger partial charge in [0.2, 0.25) is 0 Å². The summed E-state index contributed by atoms with van der Waals surface area (Å²) in [5.74, 6) is -0.00424. The van der Waals surface area contributed by atoms with E-state index in [4.69, 9.17) is 4.74 Å². The molecule has 2 amide bonds. The minimum Gasteiger partial charge on any atom is -0.496 e. The number of carbonyl (C=O) groups is 2. The molecule has 0 atom stereocenters. The van der Waals surface area contributed by atoms with Crippen LogP contribution in [0.5, 0.6) is 5.75 Å². The largest absolute Gasteiger partial charge is 0.496 e. The lowest BCUT2D eigenvalue weighted by atomic mass is 9.94. The van der Waals surface area contributed by atoms with Crippen molar-refractivity contribution >= 4 is 38.5 Å². The second kappa shape index (κ2) is 4.06. The Kier molecular flexibility index (Phi) is 2.60. The van der Waals surface area contributed by atoms with Crippen LogP contribution in [0.15, 0.2) is 28.7 Å². The molecule has 2 aromatic carbocycles. The molecule has 5 heteroatoms. The van der Waals surface area contributed by atoms with E-state index in [0.29, 0.717) is 22.3 Å². The molecule has 4 nitrogen and oxygen atoms in total. The van der Waals surface area contributed by atoms with Gasteiger partial charge in [0.1, 0.15) is 5.75 Å². The lowest BCUT2D eigenvalue weighted by Gasteiger charge is -2.24. The fourth-order valence-electron chi connectivity index (χ4n) is 2.37. The van der Waals surface area contributed by atoms with E-state index in [1.165, 1.54) is 7.05 Å². The van der Waals surface area contributed by atoms with Gasteiger partial charge in [-0.15, -0.1) is 0 Å². The van der Waals surface area contributed by atoms with Crippen LogP contribution in [0.1, 0.15) is 20.7 Å². The van der Waals surface area contributed by atoms with Gasteiger partial charge in [0, 0.05) is 23.4 Å². The second-order valence-corrected chi connectivity index (χ2v) is 5.13. The number of hydrogen-bond acceptors (Lipinski definition) is 3. The Morgan fingerprint density at radius 3 is 2.53 bits per heavy atom. The highest BCUT2D eigenvalue weighted by Crippen LogP contribution is 2.39. The van der Waals surface area contributed by atoms with Gasteiger partial charge in [-0.05, 0) is 28.1 Å². The Morgan fingerprint density at radius 1 is 1.16 bits per heavy atom. The summed E-state index contributed by atoms with van der Waals surface area (Å²) in [5, 5.41) is 1.49. The highest BCUT2D eigenvalue weighted by molar-refractivity contribution is 9.10. The average molecular weight is 320 g/mol. The van der Waals surface area contributed by atoms with E-state index in [-0.39, 0.29) is 11.8 Å². The van der Waals surface area contributed by atoms with Crippen LogP contribution in [0.25, 0.3) is 10.8 Å². The maximum Gasteiger partial charge on any atom is 0.261 e. The molecule has 0 spiro atoms. The summed E-state index contributed by atoms with van der Waals surface area (Å²) in [6.07, 6.45) is 0. The van der Waals surface area contributed by atoms with Gasteiger partial charge in [-0.1, -0.05) is 12.1 Å². The second-order valence-electron chi connectivity index (χ2n) is 4.34. The first-order chi connectivity index (χ1) is 9.06. The molecule has 1 aliphatic rings. The van der Waals surface area contributed by atoms with Crippen molar-refractivity contribution in [2.75, 3.05) is 14.2 Å². The van der Waals surface area contributed by atoms with E-state index in [1.54, 1.807) is 25.3 Å². The molecular formula is C14H10BrNO3. The van der Waals surface area contributed by atoms with Gasteiger partial charge in [0.05, 0.1) is 17.1 Å². The lowest BCUT2D eigenvalue weighted by molar-refractivity contribution is 0.0650. The summed E-state index contributed by atoms with van der Waals surface area (Å²) < 4.78 is 6.02. The van der Waals surface area contributed by atoms with E-state index in [1.807, 2.05) is 6.07 Å². The molecule has 0 unspecified atom stereocenters. The summed E-state index contributed by atoms with van der Waals surface area (Å²) >= 11 is 3.46. The lowest BCUT2D eigenvalue weighted by Crippen LogP contribution is -2.36. The smallest absolute Gasteiger partial charge is 0.261 e. The molecule has 0 aliphatic carbocycles. The molecular weight excluding hydrogens is 310 g/mol. The highest BCUT2D eigenvalue weighted by Gasteiger charge is 2.31. The van der Waals surface area contributed by atoms with Gasteiger partial charge >= 0.3 is 0 Å². The molecule has 0 N–H and O–H groups in total. The molecule has 2 aromatic rings. The van der Waals surface area contributed by atoms with Gasteiger partial charge in [-0.3, -0.25) is 14.5 Å². The monoisotopic (exact) mass is 319 g/mol. The standard InChI is InChI=1S/C14H10BrNO3/c1-16-13(17)8-5-3-4-7-11(8)9(14(16)18)6-10(19-2)12(7)15/h3-6H,1-2H3. The first-order valence-corrected chi connectivity index (χ1v) is 6.47. The SMILES string of the molecule is COc1cc2c3c(cccc3c1Br)C(=O)N(C)C2=O. The minimum absolute atomic E-state index is 0.278. The molecule has 96 valence electrons. The van der Waals surface area contributed by atoms with E-state index < -0.39 is 0 Å². The normalized spacial score (nSPS) is 14.2. The molecule has 0 saturated carbocycles. The number of amides is 2. The van der Waals surface area contributed by atoms with Crippen molar-refractivity contribution in [2.24, 2.45) is 0 Å². The number of imide groups is 1. The molecule has 1 aliphatic heterocycles. The van der Waals surface area contributed by atoms with Crippen molar-refractivity contribution < 1.29 is 14.3 Å². The number of ether oxygens (including phenoxy) is 1. The molecule has 1 heterocycles. The first-order valence-electron chi connectivity index (χ1n) is 5.68. The predicted molar refractivity (Wildman–Crippen MR) is 74.6 cm³/mol. The van der Waals surface area contributed by atoms with Crippen LogP contribution in [0.3, 0.4) is 0 Å². The maximum absolute atomic E-state index is 12.2. The van der Waals surface area contributed by atoms with Gasteiger partial charge in [-0.2, -0.15) is 0 Å². The Balaban J connectivity index is 2.52. The molecule has 0 saturated heterocycles. The summed E-state index contributed by atoms with van der Waals surface area (Å²) in [6.45, 7) is 0. The Hall–Kier alpha value is -1.88. The number of carbonyl (C=O) groups excluding carboxylic acids is 2. The Bertz CT molecular complexity index is 739. The van der Waals surface area contributed by atoms with Crippen LogP contribution >= 0.6 is 15.9 Å². The van der Waals surface area contributed by atoms with E-state index in [9.17, 15) is 9.59 Å². The Labute approximate surface area is 118 Å². The van der Waals surface area contributed by atoms with Crippen LogP contribution in [0, 0.1) is 0 Å². The van der Waals surface area contributed by atoms with Crippen LogP contribution in [-0.4, -0.2) is 30.9 Å². The fourth-order valence-corrected chi connectivity index (χ4v) is 2.98. The summed E-state index contributed by atoms with van der Waals surface area (Å²) in [4.78, 5) is 25.5. The number of nitrogens with zero attached hydrogens (tertiary/aromatic N) is 1. The number of rotatable bonds is 1. The van der Waals surface area contributed by atoms with Crippen LogP contribution in [0.4, 0.5) is 0 Å². The van der Waals surface area contributed by atoms with Crippen LogP contribution < -0.4 is 4.74 Å². The third kappa shape index (κ3) is 1.51. The molecule has 0 aromatic heterocycles. The first kappa shape index (κ1) is 12.2. The van der Waals surface area contributed by atoms with Crippen molar-refractivity contribution in [3.8, 4) is 5.75 Å². The van der Waals surface area contributed by atoms with Gasteiger partial charge in [-0.25, -0.2) is 0 Å². The van der Waals surface area contributed by atoms with Crippen molar-refractivity contribution in [1.29, 1.82) is 0 Å². The maximum atomic E-state index is 12.2. The van der Waals surface area contributed by atoms with Gasteiger partial charge in [0.15, 0.2) is 0 Å². The summed E-state index contributed by atoms with van der Waals surface area (Å²) in [5.41, 5.74) is 1.03. The van der Waals surface area contributed by atoms with Crippen LogP contribution in [-0.2, 0) is 0 Å². The number of methoxy groups -OCH3 is 1. The van der Waals surface area contributed by atoms with Crippen molar-refractivity contribution in [3.05, 3.63) is 39.9 Å². The van der Waals surface area contributed by atoms with Crippen molar-refractivity contribution in [2.45, 2.75) is 0 Å². The van der Waals surface area contributed by atoms with Crippen molar-refractivity contribution in [1.82, 2.24) is 4.90 Å². The third-order valence-electron chi connectivity index (χ3n) is 3.35. The Morgan fingerprint density at radius 2 is 1.84 bits per heavy atom.